The number of benzene rings is 1. The van der Waals surface area contributed by atoms with Crippen LogP contribution < -0.4 is 5.32 Å². The number of nitrogens with zero attached hydrogens (tertiary/aromatic N) is 3. The first-order chi connectivity index (χ1) is 13.4. The third kappa shape index (κ3) is 3.91. The van der Waals surface area contributed by atoms with E-state index in [0.717, 1.165) is 0 Å². The molecule has 154 valence electrons. The van der Waals surface area contributed by atoms with E-state index in [0.29, 0.717) is 17.1 Å². The molecule has 1 aromatic carbocycles. The van der Waals surface area contributed by atoms with Crippen LogP contribution in [0.25, 0.3) is 0 Å². The Bertz CT molecular complexity index is 972. The van der Waals surface area contributed by atoms with E-state index in [2.05, 4.69) is 15.5 Å². The molecule has 0 fully saturated rings. The Balaban J connectivity index is 1.80. The Labute approximate surface area is 167 Å². The second kappa shape index (κ2) is 6.87. The van der Waals surface area contributed by atoms with Gasteiger partial charge in [0.05, 0.1) is 22.7 Å². The number of fused-ring (bicyclic) bond motifs is 1. The maximum atomic E-state index is 12.6. The van der Waals surface area contributed by atoms with Gasteiger partial charge in [0.15, 0.2) is 5.82 Å². The van der Waals surface area contributed by atoms with Crippen molar-refractivity contribution in [2.75, 3.05) is 5.32 Å². The Morgan fingerprint density at radius 1 is 1.28 bits per heavy atom. The zero-order valence-electron chi connectivity index (χ0n) is 16.9. The molecule has 0 radical (unpaired) electrons. The Morgan fingerprint density at radius 3 is 2.45 bits per heavy atom. The molecule has 2 N–H and O–H groups in total. The summed E-state index contributed by atoms with van der Waals surface area (Å²) >= 11 is 0. The largest absolute Gasteiger partial charge is 0.444 e. The number of ether oxygens (including phenoxy) is 1. The highest BCUT2D eigenvalue weighted by Crippen LogP contribution is 2.41. The normalized spacial score (nSPS) is 15.0. The van der Waals surface area contributed by atoms with Gasteiger partial charge in [0, 0.05) is 23.3 Å². The van der Waals surface area contributed by atoms with Crippen LogP contribution in [0, 0.1) is 10.1 Å². The maximum Gasteiger partial charge on any atom is 0.411 e. The van der Waals surface area contributed by atoms with Gasteiger partial charge in [-0.2, -0.15) is 5.10 Å². The number of nitro benzene ring substituents is 1. The first kappa shape index (κ1) is 20.3. The molecule has 1 aliphatic heterocycles. The highest BCUT2D eigenvalue weighted by molar-refractivity contribution is 6.04. The van der Waals surface area contributed by atoms with Crippen molar-refractivity contribution in [2.45, 2.75) is 52.3 Å². The van der Waals surface area contributed by atoms with Crippen molar-refractivity contribution < 1.29 is 19.2 Å². The molecule has 0 aliphatic carbocycles. The lowest BCUT2D eigenvalue weighted by atomic mass is 10.0. The molecular weight excluding hydrogens is 378 g/mol. The van der Waals surface area contributed by atoms with Crippen LogP contribution in [0.1, 0.15) is 56.2 Å². The molecule has 1 aliphatic rings. The van der Waals surface area contributed by atoms with Crippen molar-refractivity contribution in [3.63, 3.8) is 0 Å². The number of aromatic nitrogens is 2. The smallest absolute Gasteiger partial charge is 0.411 e. The summed E-state index contributed by atoms with van der Waals surface area (Å²) in [5, 5.41) is 20.5. The van der Waals surface area contributed by atoms with Crippen molar-refractivity contribution in [2.24, 2.45) is 0 Å². The number of nitrogens with one attached hydrogen (secondary N) is 2. The van der Waals surface area contributed by atoms with E-state index in [4.69, 9.17) is 4.74 Å². The summed E-state index contributed by atoms with van der Waals surface area (Å²) in [5.74, 6) is -0.148. The molecule has 29 heavy (non-hydrogen) atoms. The van der Waals surface area contributed by atoms with E-state index in [1.165, 1.54) is 24.3 Å². The van der Waals surface area contributed by atoms with E-state index in [1.54, 1.807) is 25.7 Å². The SMILES string of the molecule is CC(C)(C)OC(=O)N1Cc2c(NC(=O)c3ccc([N+](=O)[O-])cc3)n[nH]c2C1(C)C. The molecule has 0 saturated carbocycles. The van der Waals surface area contributed by atoms with Gasteiger partial charge in [-0.25, -0.2) is 4.79 Å². The maximum absolute atomic E-state index is 12.6. The average molecular weight is 401 g/mol. The fourth-order valence-electron chi connectivity index (χ4n) is 3.14. The molecule has 0 saturated heterocycles. The molecule has 2 heterocycles. The van der Waals surface area contributed by atoms with Crippen LogP contribution >= 0.6 is 0 Å². The van der Waals surface area contributed by atoms with Gasteiger partial charge in [0.25, 0.3) is 11.6 Å². The van der Waals surface area contributed by atoms with Gasteiger partial charge < -0.3 is 10.1 Å². The number of H-pyrrole nitrogens is 1. The summed E-state index contributed by atoms with van der Waals surface area (Å²) in [6, 6.07) is 5.27. The number of carbonyl (C=O) groups is 2. The lowest BCUT2D eigenvalue weighted by Gasteiger charge is -2.33. The van der Waals surface area contributed by atoms with E-state index >= 15 is 0 Å². The number of rotatable bonds is 3. The van der Waals surface area contributed by atoms with Crippen LogP contribution in [0.5, 0.6) is 0 Å². The van der Waals surface area contributed by atoms with Crippen LogP contribution in [-0.2, 0) is 16.8 Å². The molecule has 0 unspecified atom stereocenters. The fraction of sp³-hybridized carbons (Fsp3) is 0.421. The molecular formula is C19H23N5O5. The topological polar surface area (TPSA) is 130 Å². The zero-order chi connectivity index (χ0) is 21.6. The van der Waals surface area contributed by atoms with Gasteiger partial charge in [0.2, 0.25) is 0 Å². The summed E-state index contributed by atoms with van der Waals surface area (Å²) in [6.07, 6.45) is -0.459. The summed E-state index contributed by atoms with van der Waals surface area (Å²) < 4.78 is 5.49. The Morgan fingerprint density at radius 2 is 1.90 bits per heavy atom. The first-order valence-corrected chi connectivity index (χ1v) is 9.04. The molecule has 3 rings (SSSR count). The van der Waals surface area contributed by atoms with Gasteiger partial charge in [0.1, 0.15) is 5.60 Å². The van der Waals surface area contributed by atoms with Gasteiger partial charge in [-0.15, -0.1) is 0 Å². The first-order valence-electron chi connectivity index (χ1n) is 9.04. The second-order valence-corrected chi connectivity index (χ2v) is 8.31. The second-order valence-electron chi connectivity index (χ2n) is 8.31. The van der Waals surface area contributed by atoms with Crippen molar-refractivity contribution in [3.05, 3.63) is 51.2 Å². The van der Waals surface area contributed by atoms with Gasteiger partial charge >= 0.3 is 6.09 Å². The van der Waals surface area contributed by atoms with Crippen molar-refractivity contribution in [1.29, 1.82) is 0 Å². The number of hydrogen-bond donors (Lipinski definition) is 2. The highest BCUT2D eigenvalue weighted by Gasteiger charge is 2.45. The summed E-state index contributed by atoms with van der Waals surface area (Å²) in [5.41, 5.74) is 0.236. The number of hydrogen-bond acceptors (Lipinski definition) is 6. The standard InChI is InChI=1S/C19H23N5O5/c1-18(2,3)29-17(26)23-10-13-14(19(23,4)5)21-22-15(13)20-16(25)11-6-8-12(9-7-11)24(27)28/h6-9H,10H2,1-5H3,(H2,20,21,22,25). The number of carbonyl (C=O) groups excluding carboxylic acids is 2. The Hall–Kier alpha value is -3.43. The summed E-state index contributed by atoms with van der Waals surface area (Å²) in [6.45, 7) is 9.34. The minimum absolute atomic E-state index is 0.100. The van der Waals surface area contributed by atoms with Gasteiger partial charge in [-0.05, 0) is 46.8 Å². The lowest BCUT2D eigenvalue weighted by molar-refractivity contribution is -0.384. The molecule has 10 nitrogen and oxygen atoms in total. The number of nitro groups is 1. The van der Waals surface area contributed by atoms with Crippen LogP contribution in [0.2, 0.25) is 0 Å². The predicted molar refractivity (Wildman–Crippen MR) is 104 cm³/mol. The van der Waals surface area contributed by atoms with Crippen LogP contribution in [0.4, 0.5) is 16.3 Å². The summed E-state index contributed by atoms with van der Waals surface area (Å²) in [4.78, 5) is 36.9. The monoisotopic (exact) mass is 401 g/mol. The van der Waals surface area contributed by atoms with Gasteiger partial charge in [-0.3, -0.25) is 24.9 Å². The van der Waals surface area contributed by atoms with E-state index in [9.17, 15) is 19.7 Å². The number of non-ortho nitro benzene ring substituents is 1. The van der Waals surface area contributed by atoms with E-state index in [-0.39, 0.29) is 17.8 Å². The molecule has 2 aromatic rings. The van der Waals surface area contributed by atoms with E-state index in [1.807, 2.05) is 13.8 Å². The molecule has 0 bridgehead atoms. The quantitative estimate of drug-likeness (QED) is 0.597. The molecule has 0 atom stereocenters. The van der Waals surface area contributed by atoms with Crippen LogP contribution in [-0.4, -0.2) is 37.6 Å². The lowest BCUT2D eigenvalue weighted by Crippen LogP contribution is -2.43. The van der Waals surface area contributed by atoms with Crippen molar-refractivity contribution >= 4 is 23.5 Å². The predicted octanol–water partition coefficient (Wildman–Crippen LogP) is 3.56. The number of aromatic amines is 1. The van der Waals surface area contributed by atoms with Crippen molar-refractivity contribution in [3.8, 4) is 0 Å². The minimum atomic E-state index is -0.693. The van der Waals surface area contributed by atoms with E-state index < -0.39 is 28.1 Å². The molecule has 10 heteroatoms. The highest BCUT2D eigenvalue weighted by atomic mass is 16.6. The minimum Gasteiger partial charge on any atom is -0.444 e. The number of amides is 2. The molecule has 1 aromatic heterocycles. The molecule has 2 amide bonds. The van der Waals surface area contributed by atoms with Crippen LogP contribution in [0.15, 0.2) is 24.3 Å². The fourth-order valence-corrected chi connectivity index (χ4v) is 3.14. The third-order valence-electron chi connectivity index (χ3n) is 4.66. The zero-order valence-corrected chi connectivity index (χ0v) is 16.9. The number of anilines is 1. The van der Waals surface area contributed by atoms with Crippen molar-refractivity contribution in [1.82, 2.24) is 15.1 Å². The summed E-state index contributed by atoms with van der Waals surface area (Å²) in [7, 11) is 0. The molecule has 0 spiro atoms. The van der Waals surface area contributed by atoms with Gasteiger partial charge in [-0.1, -0.05) is 0 Å². The average Bonchev–Trinajstić information content (AvgIpc) is 3.12. The third-order valence-corrected chi connectivity index (χ3v) is 4.66. The Kier molecular flexibility index (Phi) is 4.81. The van der Waals surface area contributed by atoms with Crippen LogP contribution in [0.3, 0.4) is 0 Å².